The molecule has 0 saturated carbocycles. The monoisotopic (exact) mass is 481 g/mol. The lowest BCUT2D eigenvalue weighted by Gasteiger charge is -2.17. The molecule has 0 saturated heterocycles. The number of aliphatic hydroxyl groups is 1. The third kappa shape index (κ3) is 4.71. The first kappa shape index (κ1) is 23.6. The van der Waals surface area contributed by atoms with Gasteiger partial charge in [0.1, 0.15) is 34.9 Å². The Kier molecular flexibility index (Phi) is 6.24. The summed E-state index contributed by atoms with van der Waals surface area (Å²) in [5.41, 5.74) is 2.03. The number of halogens is 1. The van der Waals surface area contributed by atoms with Gasteiger partial charge in [0.25, 0.3) is 5.56 Å². The molecule has 4 aromatic rings. The van der Waals surface area contributed by atoms with Crippen molar-refractivity contribution in [2.75, 3.05) is 0 Å². The van der Waals surface area contributed by atoms with Crippen LogP contribution < -0.4 is 10.3 Å². The SMILES string of the molecule is Cc1nc(COc2cc(C)n(-c3ccnc(-c4nc(C(C)(C)O)ncc4C)c3)c(=O)c2Cl)co1. The smallest absolute Gasteiger partial charge is 0.277 e. The minimum absolute atomic E-state index is 0.0493. The first-order valence-electron chi connectivity index (χ1n) is 10.5. The quantitative estimate of drug-likeness (QED) is 0.438. The first-order valence-corrected chi connectivity index (χ1v) is 10.9. The first-order chi connectivity index (χ1) is 16.0. The minimum Gasteiger partial charge on any atom is -0.485 e. The van der Waals surface area contributed by atoms with Crippen LogP contribution in [0, 0.1) is 20.8 Å². The molecular formula is C24H24ClN5O4. The van der Waals surface area contributed by atoms with Crippen LogP contribution >= 0.6 is 11.6 Å². The van der Waals surface area contributed by atoms with Crippen molar-refractivity contribution in [3.63, 3.8) is 0 Å². The van der Waals surface area contributed by atoms with E-state index in [1.165, 1.54) is 10.8 Å². The fraction of sp³-hybridized carbons (Fsp3) is 0.292. The molecule has 0 atom stereocenters. The van der Waals surface area contributed by atoms with Gasteiger partial charge in [0.15, 0.2) is 11.7 Å². The number of aromatic nitrogens is 5. The summed E-state index contributed by atoms with van der Waals surface area (Å²) in [6, 6.07) is 5.15. The number of hydrogen-bond acceptors (Lipinski definition) is 8. The van der Waals surface area contributed by atoms with Crippen LogP contribution in [0.3, 0.4) is 0 Å². The van der Waals surface area contributed by atoms with E-state index in [4.69, 9.17) is 20.8 Å². The highest BCUT2D eigenvalue weighted by Gasteiger charge is 2.22. The van der Waals surface area contributed by atoms with Crippen LogP contribution in [0.2, 0.25) is 5.02 Å². The van der Waals surface area contributed by atoms with Crippen molar-refractivity contribution < 1.29 is 14.3 Å². The molecule has 0 aromatic carbocycles. The molecule has 0 bridgehead atoms. The van der Waals surface area contributed by atoms with Gasteiger partial charge in [-0.2, -0.15) is 0 Å². The Morgan fingerprint density at radius 3 is 2.62 bits per heavy atom. The highest BCUT2D eigenvalue weighted by Crippen LogP contribution is 2.27. The summed E-state index contributed by atoms with van der Waals surface area (Å²) in [6.45, 7) is 8.73. The standard InChI is InChI=1S/C24H24ClN5O4/c1-13-10-27-23(24(4,5)32)29-21(13)18-9-17(6-7-26-18)30-14(2)8-19(20(25)22(30)31)34-12-16-11-33-15(3)28-16/h6-11,32H,12H2,1-5H3. The molecule has 34 heavy (non-hydrogen) atoms. The molecule has 0 aliphatic rings. The summed E-state index contributed by atoms with van der Waals surface area (Å²) in [4.78, 5) is 30.5. The number of pyridine rings is 2. The van der Waals surface area contributed by atoms with Gasteiger partial charge in [0, 0.05) is 31.1 Å². The van der Waals surface area contributed by atoms with E-state index in [0.29, 0.717) is 34.4 Å². The zero-order valence-electron chi connectivity index (χ0n) is 19.5. The molecule has 10 heteroatoms. The number of hydrogen-bond donors (Lipinski definition) is 1. The maximum Gasteiger partial charge on any atom is 0.277 e. The molecule has 4 heterocycles. The molecule has 0 amide bonds. The van der Waals surface area contributed by atoms with Gasteiger partial charge in [-0.25, -0.2) is 15.0 Å². The molecule has 9 nitrogen and oxygen atoms in total. The fourth-order valence-electron chi connectivity index (χ4n) is 3.42. The predicted molar refractivity (Wildman–Crippen MR) is 126 cm³/mol. The Morgan fingerprint density at radius 1 is 1.18 bits per heavy atom. The van der Waals surface area contributed by atoms with Gasteiger partial charge in [0.2, 0.25) is 0 Å². The van der Waals surface area contributed by atoms with E-state index in [0.717, 1.165) is 5.56 Å². The van der Waals surface area contributed by atoms with Crippen molar-refractivity contribution in [1.82, 2.24) is 24.5 Å². The van der Waals surface area contributed by atoms with Crippen molar-refractivity contribution in [1.29, 1.82) is 0 Å². The van der Waals surface area contributed by atoms with Gasteiger partial charge in [-0.1, -0.05) is 11.6 Å². The largest absolute Gasteiger partial charge is 0.485 e. The molecular weight excluding hydrogens is 458 g/mol. The summed E-state index contributed by atoms with van der Waals surface area (Å²) < 4.78 is 12.4. The third-order valence-electron chi connectivity index (χ3n) is 5.11. The van der Waals surface area contributed by atoms with Crippen LogP contribution in [0.25, 0.3) is 17.1 Å². The van der Waals surface area contributed by atoms with E-state index in [1.54, 1.807) is 58.3 Å². The molecule has 0 fully saturated rings. The van der Waals surface area contributed by atoms with Crippen LogP contribution in [0.1, 0.15) is 42.5 Å². The molecule has 176 valence electrons. The van der Waals surface area contributed by atoms with E-state index in [1.807, 2.05) is 6.92 Å². The summed E-state index contributed by atoms with van der Waals surface area (Å²) in [5.74, 6) is 1.07. The lowest BCUT2D eigenvalue weighted by molar-refractivity contribution is 0.0688. The second-order valence-corrected chi connectivity index (χ2v) is 8.81. The third-order valence-corrected chi connectivity index (χ3v) is 5.45. The predicted octanol–water partition coefficient (Wildman–Crippen LogP) is 4.06. The summed E-state index contributed by atoms with van der Waals surface area (Å²) in [6.07, 6.45) is 4.72. The Morgan fingerprint density at radius 2 is 1.94 bits per heavy atom. The van der Waals surface area contributed by atoms with Crippen molar-refractivity contribution in [2.45, 2.75) is 46.8 Å². The average Bonchev–Trinajstić information content (AvgIpc) is 3.20. The second kappa shape index (κ2) is 9.00. The average molecular weight is 482 g/mol. The van der Waals surface area contributed by atoms with E-state index >= 15 is 0 Å². The van der Waals surface area contributed by atoms with Gasteiger partial charge < -0.3 is 14.3 Å². The second-order valence-electron chi connectivity index (χ2n) is 8.43. The van der Waals surface area contributed by atoms with Gasteiger partial charge in [-0.05, 0) is 45.4 Å². The molecule has 0 aliphatic heterocycles. The van der Waals surface area contributed by atoms with Crippen LogP contribution in [-0.2, 0) is 12.2 Å². The highest BCUT2D eigenvalue weighted by molar-refractivity contribution is 6.31. The van der Waals surface area contributed by atoms with Crippen LogP contribution in [-0.4, -0.2) is 29.6 Å². The maximum absolute atomic E-state index is 13.2. The number of ether oxygens (including phenoxy) is 1. The summed E-state index contributed by atoms with van der Waals surface area (Å²) in [7, 11) is 0. The zero-order valence-corrected chi connectivity index (χ0v) is 20.2. The fourth-order valence-corrected chi connectivity index (χ4v) is 3.61. The molecule has 1 N–H and O–H groups in total. The molecule has 0 aliphatic carbocycles. The normalized spacial score (nSPS) is 11.6. The summed E-state index contributed by atoms with van der Waals surface area (Å²) >= 11 is 6.38. The van der Waals surface area contributed by atoms with Crippen molar-refractivity contribution in [3.05, 3.63) is 80.9 Å². The summed E-state index contributed by atoms with van der Waals surface area (Å²) in [5, 5.41) is 10.3. The van der Waals surface area contributed by atoms with Gasteiger partial charge in [-0.3, -0.25) is 14.3 Å². The van der Waals surface area contributed by atoms with Gasteiger partial charge >= 0.3 is 0 Å². The van der Waals surface area contributed by atoms with Crippen molar-refractivity contribution in [2.24, 2.45) is 0 Å². The molecule has 0 radical (unpaired) electrons. The number of oxazole rings is 1. The maximum atomic E-state index is 13.2. The Labute approximate surface area is 201 Å². The topological polar surface area (TPSA) is 116 Å². The Hall–Kier alpha value is -3.56. The van der Waals surface area contributed by atoms with E-state index in [2.05, 4.69) is 19.9 Å². The molecule has 4 aromatic heterocycles. The molecule has 4 rings (SSSR count). The highest BCUT2D eigenvalue weighted by atomic mass is 35.5. The van der Waals surface area contributed by atoms with E-state index in [9.17, 15) is 9.90 Å². The minimum atomic E-state index is -1.21. The number of aryl methyl sites for hydroxylation is 3. The van der Waals surface area contributed by atoms with Crippen molar-refractivity contribution in [3.8, 4) is 22.8 Å². The Bertz CT molecular complexity index is 1420. The Balaban J connectivity index is 1.72. The van der Waals surface area contributed by atoms with E-state index in [-0.39, 0.29) is 23.2 Å². The molecule has 0 unspecified atom stereocenters. The number of nitrogens with zero attached hydrogens (tertiary/aromatic N) is 5. The van der Waals surface area contributed by atoms with Gasteiger partial charge in [0.05, 0.1) is 17.1 Å². The number of rotatable bonds is 6. The lowest BCUT2D eigenvalue weighted by atomic mass is 10.1. The van der Waals surface area contributed by atoms with Gasteiger partial charge in [-0.15, -0.1) is 0 Å². The zero-order chi connectivity index (χ0) is 24.6. The van der Waals surface area contributed by atoms with Crippen LogP contribution in [0.4, 0.5) is 0 Å². The van der Waals surface area contributed by atoms with Crippen LogP contribution in [0.15, 0.2) is 46.1 Å². The van der Waals surface area contributed by atoms with Crippen molar-refractivity contribution >= 4 is 11.6 Å². The molecule has 0 spiro atoms. The van der Waals surface area contributed by atoms with E-state index < -0.39 is 11.2 Å². The lowest BCUT2D eigenvalue weighted by Crippen LogP contribution is -2.22. The van der Waals surface area contributed by atoms with Crippen LogP contribution in [0.5, 0.6) is 5.75 Å².